The number of β-lactam (4-membered cyclic amide) rings is 1. The number of carbonyl (C=O) groups excluding carboxylic acids is 2. The summed E-state index contributed by atoms with van der Waals surface area (Å²) in [6.07, 6.45) is -0.144. The van der Waals surface area contributed by atoms with E-state index in [0.29, 0.717) is 6.54 Å². The summed E-state index contributed by atoms with van der Waals surface area (Å²) in [5.41, 5.74) is 3.46. The molecule has 0 bridgehead atoms. The number of rotatable bonds is 4. The van der Waals surface area contributed by atoms with Crippen LogP contribution >= 0.6 is 0 Å². The summed E-state index contributed by atoms with van der Waals surface area (Å²) in [5.74, 6) is -0.395. The van der Waals surface area contributed by atoms with E-state index in [-0.39, 0.29) is 18.2 Å². The third-order valence-electron chi connectivity index (χ3n) is 2.64. The smallest absolute Gasteiger partial charge is 0.272 e. The van der Waals surface area contributed by atoms with E-state index < -0.39 is 6.10 Å². The number of methoxy groups -OCH3 is 1. The molecule has 2 rings (SSSR count). The van der Waals surface area contributed by atoms with Gasteiger partial charge >= 0.3 is 0 Å². The second kappa shape index (κ2) is 4.97. The second-order valence-electron chi connectivity index (χ2n) is 3.87. The van der Waals surface area contributed by atoms with Crippen LogP contribution in [0.2, 0.25) is 0 Å². The van der Waals surface area contributed by atoms with Crippen LogP contribution in [0.4, 0.5) is 0 Å². The Balaban J connectivity index is 1.81. The van der Waals surface area contributed by atoms with Gasteiger partial charge in [0, 0.05) is 7.11 Å². The summed E-state index contributed by atoms with van der Waals surface area (Å²) in [6, 6.07) is 9.38. The van der Waals surface area contributed by atoms with Gasteiger partial charge in [-0.2, -0.15) is 0 Å². The minimum atomic E-state index is -0.410. The molecule has 0 aliphatic carbocycles. The molecule has 0 spiro atoms. The fourth-order valence-electron chi connectivity index (χ4n) is 1.64. The minimum absolute atomic E-state index is 0.195. The summed E-state index contributed by atoms with van der Waals surface area (Å²) in [6.45, 7) is 0.413. The molecule has 1 unspecified atom stereocenters. The van der Waals surface area contributed by atoms with Crippen LogP contribution in [0, 0.1) is 0 Å². The van der Waals surface area contributed by atoms with Gasteiger partial charge in [0.15, 0.2) is 6.10 Å². The number of benzene rings is 1. The lowest BCUT2D eigenvalue weighted by atomic mass is 10.1. The van der Waals surface area contributed by atoms with Crippen molar-refractivity contribution in [2.45, 2.75) is 12.5 Å². The maximum Gasteiger partial charge on any atom is 0.272 e. The van der Waals surface area contributed by atoms with Crippen molar-refractivity contribution in [3.63, 3.8) is 0 Å². The molecule has 0 aromatic heterocycles. The molecule has 1 aliphatic heterocycles. The number of nitrogens with zero attached hydrogens (tertiary/aromatic N) is 1. The average Bonchev–Trinajstić information content (AvgIpc) is 2.34. The highest BCUT2D eigenvalue weighted by molar-refractivity contribution is 5.90. The third kappa shape index (κ3) is 2.62. The van der Waals surface area contributed by atoms with Gasteiger partial charge in [-0.05, 0) is 5.56 Å². The van der Waals surface area contributed by atoms with Crippen LogP contribution < -0.4 is 5.43 Å². The zero-order valence-corrected chi connectivity index (χ0v) is 9.55. The molecular weight excluding hydrogens is 220 g/mol. The van der Waals surface area contributed by atoms with Crippen molar-refractivity contribution in [2.75, 3.05) is 13.7 Å². The molecule has 1 fully saturated rings. The van der Waals surface area contributed by atoms with E-state index in [1.54, 1.807) is 0 Å². The number of amides is 2. The molecular formula is C12H14N2O3. The number of carbonyl (C=O) groups is 2. The highest BCUT2D eigenvalue weighted by atomic mass is 16.5. The SMILES string of the molecule is COC1CN(NC(=O)Cc2ccccc2)C1=O. The van der Waals surface area contributed by atoms with Gasteiger partial charge in [0.2, 0.25) is 5.91 Å². The largest absolute Gasteiger partial charge is 0.370 e. The highest BCUT2D eigenvalue weighted by Gasteiger charge is 2.37. The monoisotopic (exact) mass is 234 g/mol. The zero-order chi connectivity index (χ0) is 12.3. The van der Waals surface area contributed by atoms with Gasteiger partial charge in [-0.25, -0.2) is 5.01 Å². The van der Waals surface area contributed by atoms with Crippen LogP contribution in [-0.2, 0) is 20.7 Å². The first kappa shape index (κ1) is 11.6. The molecule has 1 N–H and O–H groups in total. The van der Waals surface area contributed by atoms with Gasteiger partial charge in [0.1, 0.15) is 0 Å². The van der Waals surface area contributed by atoms with Crippen molar-refractivity contribution in [3.05, 3.63) is 35.9 Å². The van der Waals surface area contributed by atoms with E-state index in [0.717, 1.165) is 5.56 Å². The minimum Gasteiger partial charge on any atom is -0.370 e. The van der Waals surface area contributed by atoms with Gasteiger partial charge in [0.25, 0.3) is 5.91 Å². The number of ether oxygens (including phenoxy) is 1. The Morgan fingerprint density at radius 2 is 2.18 bits per heavy atom. The summed E-state index contributed by atoms with van der Waals surface area (Å²) in [7, 11) is 1.48. The lowest BCUT2D eigenvalue weighted by molar-refractivity contribution is -0.167. The first-order valence-electron chi connectivity index (χ1n) is 5.38. The van der Waals surface area contributed by atoms with Crippen LogP contribution in [0.25, 0.3) is 0 Å². The molecule has 0 radical (unpaired) electrons. The molecule has 1 atom stereocenters. The average molecular weight is 234 g/mol. The Kier molecular flexibility index (Phi) is 3.39. The first-order chi connectivity index (χ1) is 8.20. The van der Waals surface area contributed by atoms with Crippen LogP contribution in [0.1, 0.15) is 5.56 Å². The Morgan fingerprint density at radius 3 is 2.76 bits per heavy atom. The molecule has 1 aromatic rings. The van der Waals surface area contributed by atoms with E-state index >= 15 is 0 Å². The van der Waals surface area contributed by atoms with Crippen molar-refractivity contribution in [1.29, 1.82) is 0 Å². The molecule has 1 saturated heterocycles. The van der Waals surface area contributed by atoms with Crippen molar-refractivity contribution < 1.29 is 14.3 Å². The van der Waals surface area contributed by atoms with Crippen molar-refractivity contribution in [1.82, 2.24) is 10.4 Å². The van der Waals surface area contributed by atoms with Crippen LogP contribution in [-0.4, -0.2) is 36.6 Å². The van der Waals surface area contributed by atoms with Crippen LogP contribution in [0.5, 0.6) is 0 Å². The topological polar surface area (TPSA) is 58.6 Å². The summed E-state index contributed by atoms with van der Waals surface area (Å²) in [5, 5.41) is 1.28. The molecule has 1 heterocycles. The Morgan fingerprint density at radius 1 is 1.47 bits per heavy atom. The Hall–Kier alpha value is -1.88. The fourth-order valence-corrected chi connectivity index (χ4v) is 1.64. The number of hydrogen-bond donors (Lipinski definition) is 1. The normalized spacial score (nSPS) is 18.8. The van der Waals surface area contributed by atoms with E-state index in [4.69, 9.17) is 4.74 Å². The zero-order valence-electron chi connectivity index (χ0n) is 9.55. The maximum atomic E-state index is 11.6. The molecule has 5 nitrogen and oxygen atoms in total. The molecule has 1 aliphatic rings. The maximum absolute atomic E-state index is 11.6. The van der Waals surface area contributed by atoms with Crippen molar-refractivity contribution in [2.24, 2.45) is 0 Å². The van der Waals surface area contributed by atoms with E-state index in [1.807, 2.05) is 30.3 Å². The highest BCUT2D eigenvalue weighted by Crippen LogP contribution is 2.10. The molecule has 90 valence electrons. The third-order valence-corrected chi connectivity index (χ3v) is 2.64. The fraction of sp³-hybridized carbons (Fsp3) is 0.333. The van der Waals surface area contributed by atoms with Gasteiger partial charge in [-0.1, -0.05) is 30.3 Å². The van der Waals surface area contributed by atoms with E-state index in [9.17, 15) is 9.59 Å². The second-order valence-corrected chi connectivity index (χ2v) is 3.87. The molecule has 0 saturated carbocycles. The van der Waals surface area contributed by atoms with Crippen molar-refractivity contribution in [3.8, 4) is 0 Å². The predicted molar refractivity (Wildman–Crippen MR) is 60.8 cm³/mol. The molecule has 17 heavy (non-hydrogen) atoms. The van der Waals surface area contributed by atoms with Gasteiger partial charge in [0.05, 0.1) is 13.0 Å². The van der Waals surface area contributed by atoms with Crippen LogP contribution in [0.3, 0.4) is 0 Å². The van der Waals surface area contributed by atoms with Gasteiger partial charge in [-0.15, -0.1) is 0 Å². The summed E-state index contributed by atoms with van der Waals surface area (Å²) in [4.78, 5) is 23.0. The van der Waals surface area contributed by atoms with Gasteiger partial charge in [-0.3, -0.25) is 15.0 Å². The summed E-state index contributed by atoms with van der Waals surface area (Å²) < 4.78 is 4.89. The van der Waals surface area contributed by atoms with E-state index in [2.05, 4.69) is 5.43 Å². The molecule has 1 aromatic carbocycles. The lowest BCUT2D eigenvalue weighted by Crippen LogP contribution is -2.64. The standard InChI is InChI=1S/C12H14N2O3/c1-17-10-8-14(12(10)16)13-11(15)7-9-5-3-2-4-6-9/h2-6,10H,7-8H2,1H3,(H,13,15). The first-order valence-corrected chi connectivity index (χ1v) is 5.38. The predicted octanol–water partition coefficient (Wildman–Crippen LogP) is 0.117. The summed E-state index contributed by atoms with van der Waals surface area (Å²) >= 11 is 0. The number of hydrogen-bond acceptors (Lipinski definition) is 3. The quantitative estimate of drug-likeness (QED) is 0.753. The lowest BCUT2D eigenvalue weighted by Gasteiger charge is -2.36. The Bertz CT molecular complexity index is 419. The van der Waals surface area contributed by atoms with Gasteiger partial charge < -0.3 is 4.74 Å². The Labute approximate surface area is 99.3 Å². The molecule has 2 amide bonds. The number of nitrogens with one attached hydrogen (secondary N) is 1. The van der Waals surface area contributed by atoms with E-state index in [1.165, 1.54) is 12.1 Å². The molecule has 5 heteroatoms. The number of hydrazine groups is 1. The van der Waals surface area contributed by atoms with Crippen molar-refractivity contribution >= 4 is 11.8 Å². The van der Waals surface area contributed by atoms with Crippen LogP contribution in [0.15, 0.2) is 30.3 Å².